The molecule has 0 amide bonds. The van der Waals surface area contributed by atoms with Gasteiger partial charge in [-0.3, -0.25) is 4.79 Å². The minimum absolute atomic E-state index is 0.419. The minimum atomic E-state index is -4.70. The number of carbonyl (C=O) groups is 1. The lowest BCUT2D eigenvalue weighted by Gasteiger charge is -2.25. The maximum atomic E-state index is 12.0. The van der Waals surface area contributed by atoms with E-state index in [0.717, 1.165) is 0 Å². The smallest absolute Gasteiger partial charge is 0.388 e. The van der Waals surface area contributed by atoms with Gasteiger partial charge in [-0.25, -0.2) is 0 Å². The Balaban J connectivity index is 4.91. The third kappa shape index (κ3) is 3.83. The Morgan fingerprint density at radius 1 is 1.40 bits per heavy atom. The van der Waals surface area contributed by atoms with Crippen LogP contribution in [-0.2, 0) is 4.79 Å². The number of rotatable bonds is 3. The lowest BCUT2D eigenvalue weighted by atomic mass is 9.82. The van der Waals surface area contributed by atoms with Crippen LogP contribution < -0.4 is 0 Å². The second kappa shape index (κ2) is 4.53. The summed E-state index contributed by atoms with van der Waals surface area (Å²) < 4.78 is 36.0. The number of ketones is 1. The van der Waals surface area contributed by atoms with E-state index >= 15 is 0 Å². The van der Waals surface area contributed by atoms with Gasteiger partial charge < -0.3 is 5.11 Å². The highest BCUT2D eigenvalue weighted by Gasteiger charge is 2.37. The molecule has 0 fully saturated rings. The summed E-state index contributed by atoms with van der Waals surface area (Å²) in [4.78, 5) is 11.0. The fourth-order valence-corrected chi connectivity index (χ4v) is 0.769. The molecule has 0 bridgehead atoms. The van der Waals surface area contributed by atoms with Crippen molar-refractivity contribution < 1.29 is 23.1 Å². The van der Waals surface area contributed by atoms with E-state index in [1.54, 1.807) is 0 Å². The highest BCUT2D eigenvalue weighted by atomic mass is 35.5. The number of aliphatic hydroxyl groups excluding tert-OH is 1. The molecule has 0 rings (SSSR count). The first-order chi connectivity index (χ1) is 6.49. The van der Waals surface area contributed by atoms with Crippen molar-refractivity contribution in [2.24, 2.45) is 5.41 Å². The highest BCUT2D eigenvalue weighted by Crippen LogP contribution is 2.32. The van der Waals surface area contributed by atoms with E-state index in [0.29, 0.717) is 6.08 Å². The average molecular weight is 245 g/mol. The van der Waals surface area contributed by atoms with Crippen molar-refractivity contribution in [2.75, 3.05) is 0 Å². The quantitative estimate of drug-likeness (QED) is 0.829. The van der Waals surface area contributed by atoms with Crippen LogP contribution in [0, 0.1) is 5.41 Å². The zero-order valence-corrected chi connectivity index (χ0v) is 9.28. The summed E-state index contributed by atoms with van der Waals surface area (Å²) in [5, 5.41) is 7.97. The van der Waals surface area contributed by atoms with Crippen LogP contribution in [0.3, 0.4) is 0 Å². The fourth-order valence-electron chi connectivity index (χ4n) is 0.650. The van der Waals surface area contributed by atoms with Gasteiger partial charge in [0.1, 0.15) is 10.8 Å². The number of aliphatic hydroxyl groups is 1. The molecule has 0 saturated heterocycles. The molecule has 1 N–H and O–H groups in total. The molecule has 0 aromatic heterocycles. The number of hydrogen-bond donors (Lipinski definition) is 1. The molecule has 0 aliphatic carbocycles. The van der Waals surface area contributed by atoms with Gasteiger partial charge >= 0.3 is 6.18 Å². The molecular weight excluding hydrogens is 233 g/mol. The largest absolute Gasteiger partial charge is 0.426 e. The summed E-state index contributed by atoms with van der Waals surface area (Å²) in [5.41, 5.74) is -1.29. The molecule has 1 unspecified atom stereocenters. The van der Waals surface area contributed by atoms with Crippen molar-refractivity contribution in [1.82, 2.24) is 0 Å². The van der Waals surface area contributed by atoms with Gasteiger partial charge in [0.15, 0.2) is 0 Å². The highest BCUT2D eigenvalue weighted by molar-refractivity contribution is 6.30. The monoisotopic (exact) mass is 244 g/mol. The average Bonchev–Trinajstić information content (AvgIpc) is 2.01. The standard InChI is InChI=1S/C9H12ClF3O2/c1-5(14)8(2,3)7(15)4-6(10)9(11,12)13/h4,7,15H,1-3H3. The van der Waals surface area contributed by atoms with Crippen LogP contribution >= 0.6 is 11.6 Å². The minimum Gasteiger partial charge on any atom is -0.388 e. The predicted octanol–water partition coefficient (Wildman–Crippen LogP) is 2.65. The molecule has 0 aliphatic heterocycles. The Morgan fingerprint density at radius 2 is 1.80 bits per heavy atom. The van der Waals surface area contributed by atoms with E-state index in [2.05, 4.69) is 0 Å². The van der Waals surface area contributed by atoms with E-state index in [9.17, 15) is 23.1 Å². The van der Waals surface area contributed by atoms with Crippen molar-refractivity contribution in [3.05, 3.63) is 11.1 Å². The first kappa shape index (κ1) is 14.5. The van der Waals surface area contributed by atoms with Crippen LogP contribution in [-0.4, -0.2) is 23.2 Å². The van der Waals surface area contributed by atoms with Crippen LogP contribution in [0.15, 0.2) is 11.1 Å². The van der Waals surface area contributed by atoms with Gasteiger partial charge in [0, 0.05) is 0 Å². The van der Waals surface area contributed by atoms with Gasteiger partial charge in [-0.15, -0.1) is 0 Å². The Hall–Kier alpha value is -0.550. The Bertz CT molecular complexity index is 282. The van der Waals surface area contributed by atoms with E-state index in [1.165, 1.54) is 20.8 Å². The molecule has 15 heavy (non-hydrogen) atoms. The van der Waals surface area contributed by atoms with Crippen molar-refractivity contribution in [3.63, 3.8) is 0 Å². The molecular formula is C9H12ClF3O2. The van der Waals surface area contributed by atoms with Gasteiger partial charge in [0.25, 0.3) is 0 Å². The third-order valence-electron chi connectivity index (χ3n) is 2.22. The summed E-state index contributed by atoms with van der Waals surface area (Å²) in [7, 11) is 0. The predicted molar refractivity (Wildman–Crippen MR) is 50.5 cm³/mol. The van der Waals surface area contributed by atoms with E-state index in [-0.39, 0.29) is 0 Å². The first-order valence-electron chi connectivity index (χ1n) is 4.13. The molecule has 1 atom stereocenters. The number of halogens is 4. The zero-order chi connectivity index (χ0) is 12.4. The number of hydrogen-bond acceptors (Lipinski definition) is 2. The van der Waals surface area contributed by atoms with Crippen LogP contribution in [0.5, 0.6) is 0 Å². The molecule has 0 saturated carbocycles. The maximum absolute atomic E-state index is 12.0. The summed E-state index contributed by atoms with van der Waals surface area (Å²) in [6, 6.07) is 0. The molecule has 0 aromatic rings. The van der Waals surface area contributed by atoms with Crippen molar-refractivity contribution in [2.45, 2.75) is 33.1 Å². The van der Waals surface area contributed by atoms with E-state index in [1.807, 2.05) is 0 Å². The summed E-state index contributed by atoms with van der Waals surface area (Å²) in [6.45, 7) is 3.88. The molecule has 0 aromatic carbocycles. The second-order valence-corrected chi connectivity index (χ2v) is 4.14. The van der Waals surface area contributed by atoms with Crippen LogP contribution in [0.4, 0.5) is 13.2 Å². The summed E-state index contributed by atoms with van der Waals surface area (Å²) in [5.74, 6) is -0.419. The Morgan fingerprint density at radius 3 is 2.07 bits per heavy atom. The summed E-state index contributed by atoms with van der Waals surface area (Å²) in [6.07, 6.45) is -5.83. The topological polar surface area (TPSA) is 37.3 Å². The van der Waals surface area contributed by atoms with Crippen LogP contribution in [0.1, 0.15) is 20.8 Å². The van der Waals surface area contributed by atoms with E-state index < -0.39 is 28.5 Å². The van der Waals surface area contributed by atoms with Crippen molar-refractivity contribution in [1.29, 1.82) is 0 Å². The van der Waals surface area contributed by atoms with Gasteiger partial charge in [-0.2, -0.15) is 13.2 Å². The molecule has 88 valence electrons. The van der Waals surface area contributed by atoms with Crippen molar-refractivity contribution >= 4 is 17.4 Å². The lowest BCUT2D eigenvalue weighted by molar-refractivity contribution is -0.129. The molecule has 2 nitrogen and oxygen atoms in total. The number of alkyl halides is 3. The maximum Gasteiger partial charge on any atom is 0.426 e. The second-order valence-electron chi connectivity index (χ2n) is 3.74. The molecule has 0 aliphatic rings. The lowest BCUT2D eigenvalue weighted by Crippen LogP contribution is -2.35. The van der Waals surface area contributed by atoms with Crippen LogP contribution in [0.25, 0.3) is 0 Å². The van der Waals surface area contributed by atoms with Crippen molar-refractivity contribution in [3.8, 4) is 0 Å². The van der Waals surface area contributed by atoms with Crippen LogP contribution in [0.2, 0.25) is 0 Å². The van der Waals surface area contributed by atoms with E-state index in [4.69, 9.17) is 11.6 Å². The van der Waals surface area contributed by atoms with Gasteiger partial charge in [-0.05, 0) is 13.0 Å². The Kier molecular flexibility index (Phi) is 4.36. The molecule has 6 heteroatoms. The van der Waals surface area contributed by atoms with Gasteiger partial charge in [0.2, 0.25) is 0 Å². The normalized spacial score (nSPS) is 16.4. The zero-order valence-electron chi connectivity index (χ0n) is 8.52. The third-order valence-corrected chi connectivity index (χ3v) is 2.56. The molecule has 0 spiro atoms. The van der Waals surface area contributed by atoms with Gasteiger partial charge in [-0.1, -0.05) is 25.4 Å². The van der Waals surface area contributed by atoms with Gasteiger partial charge in [0.05, 0.1) is 11.5 Å². The summed E-state index contributed by atoms with van der Waals surface area (Å²) >= 11 is 4.93. The SMILES string of the molecule is CC(=O)C(C)(C)C(O)C=C(Cl)C(F)(F)F. The number of carbonyl (C=O) groups excluding carboxylic acids is 1. The first-order valence-corrected chi connectivity index (χ1v) is 4.51. The molecule has 0 heterocycles. The Labute approximate surface area is 90.7 Å². The molecule has 0 radical (unpaired) electrons. The number of allylic oxidation sites excluding steroid dienone is 1. The number of Topliss-reactive ketones (excluding diaryl/α,β-unsaturated/α-hetero) is 1. The fraction of sp³-hybridized carbons (Fsp3) is 0.667.